The first-order chi connectivity index (χ1) is 13.5. The fraction of sp³-hybridized carbons (Fsp3) is 0.364. The van der Waals surface area contributed by atoms with Crippen molar-refractivity contribution in [2.45, 2.75) is 44.9 Å². The third-order valence-corrected chi connectivity index (χ3v) is 4.53. The minimum absolute atomic E-state index is 0.0324. The van der Waals surface area contributed by atoms with Gasteiger partial charge in [-0.05, 0) is 44.4 Å². The second-order valence-corrected chi connectivity index (χ2v) is 6.88. The van der Waals surface area contributed by atoms with Gasteiger partial charge in [0.15, 0.2) is 17.6 Å². The van der Waals surface area contributed by atoms with Gasteiger partial charge in [0.05, 0.1) is 0 Å². The average molecular weight is 383 g/mol. The Morgan fingerprint density at radius 2 is 1.75 bits per heavy atom. The molecule has 0 bridgehead atoms. The SMILES string of the molecule is C[C@H](CCc1ccccc1)NC(=O)[C@H](C)OC(=O)[C@@H]1COc2ccccc2O1. The van der Waals surface area contributed by atoms with Gasteiger partial charge in [-0.25, -0.2) is 4.79 Å². The van der Waals surface area contributed by atoms with Crippen molar-refractivity contribution in [3.8, 4) is 11.5 Å². The average Bonchev–Trinajstić information content (AvgIpc) is 2.72. The van der Waals surface area contributed by atoms with Crippen LogP contribution in [-0.2, 0) is 20.7 Å². The number of ether oxygens (including phenoxy) is 3. The van der Waals surface area contributed by atoms with Crippen LogP contribution in [0.15, 0.2) is 54.6 Å². The standard InChI is InChI=1S/C22H25NO5/c1-15(12-13-17-8-4-3-5-9-17)23-21(24)16(2)27-22(25)20-14-26-18-10-6-7-11-19(18)28-20/h3-11,15-16,20H,12-14H2,1-2H3,(H,23,24)/t15-,16+,20+/m1/s1. The zero-order valence-corrected chi connectivity index (χ0v) is 16.1. The van der Waals surface area contributed by atoms with Gasteiger partial charge in [0.1, 0.15) is 6.61 Å². The maximum atomic E-state index is 12.3. The molecular formula is C22H25NO5. The summed E-state index contributed by atoms with van der Waals surface area (Å²) in [7, 11) is 0. The smallest absolute Gasteiger partial charge is 0.351 e. The number of amides is 1. The van der Waals surface area contributed by atoms with E-state index in [1.807, 2.05) is 31.2 Å². The van der Waals surface area contributed by atoms with E-state index < -0.39 is 18.2 Å². The predicted molar refractivity (Wildman–Crippen MR) is 104 cm³/mol. The molecule has 28 heavy (non-hydrogen) atoms. The Bertz CT molecular complexity index is 808. The van der Waals surface area contributed by atoms with Crippen LogP contribution in [-0.4, -0.2) is 36.7 Å². The molecule has 0 spiro atoms. The number of nitrogens with one attached hydrogen (secondary N) is 1. The summed E-state index contributed by atoms with van der Waals surface area (Å²) >= 11 is 0. The van der Waals surface area contributed by atoms with Gasteiger partial charge in [-0.2, -0.15) is 0 Å². The Morgan fingerprint density at radius 1 is 1.07 bits per heavy atom. The molecule has 0 aliphatic carbocycles. The molecule has 0 radical (unpaired) electrons. The van der Waals surface area contributed by atoms with Gasteiger partial charge in [0.2, 0.25) is 6.10 Å². The number of rotatable bonds is 7. The van der Waals surface area contributed by atoms with Crippen LogP contribution in [0.4, 0.5) is 0 Å². The van der Waals surface area contributed by atoms with Crippen molar-refractivity contribution in [2.24, 2.45) is 0 Å². The van der Waals surface area contributed by atoms with E-state index in [4.69, 9.17) is 14.2 Å². The molecule has 1 amide bonds. The lowest BCUT2D eigenvalue weighted by atomic mass is 10.1. The molecule has 148 valence electrons. The van der Waals surface area contributed by atoms with E-state index in [1.165, 1.54) is 5.56 Å². The van der Waals surface area contributed by atoms with Gasteiger partial charge in [0, 0.05) is 6.04 Å². The number of carbonyl (C=O) groups excluding carboxylic acids is 2. The minimum atomic E-state index is -0.910. The van der Waals surface area contributed by atoms with Gasteiger partial charge in [-0.1, -0.05) is 42.5 Å². The van der Waals surface area contributed by atoms with E-state index in [2.05, 4.69) is 17.4 Å². The molecule has 1 aliphatic rings. The summed E-state index contributed by atoms with van der Waals surface area (Å²) in [6.45, 7) is 3.54. The van der Waals surface area contributed by atoms with Gasteiger partial charge in [-0.3, -0.25) is 4.79 Å². The molecule has 6 nitrogen and oxygen atoms in total. The highest BCUT2D eigenvalue weighted by molar-refractivity contribution is 5.85. The summed E-state index contributed by atoms with van der Waals surface area (Å²) < 4.78 is 16.4. The van der Waals surface area contributed by atoms with E-state index in [0.29, 0.717) is 11.5 Å². The molecule has 0 saturated heterocycles. The van der Waals surface area contributed by atoms with Crippen LogP contribution in [0.25, 0.3) is 0 Å². The predicted octanol–water partition coefficient (Wildman–Crippen LogP) is 2.90. The minimum Gasteiger partial charge on any atom is -0.485 e. The largest absolute Gasteiger partial charge is 0.485 e. The van der Waals surface area contributed by atoms with E-state index in [9.17, 15) is 9.59 Å². The number of hydrogen-bond donors (Lipinski definition) is 1. The lowest BCUT2D eigenvalue weighted by Gasteiger charge is -2.26. The number of benzene rings is 2. The molecule has 1 heterocycles. The lowest BCUT2D eigenvalue weighted by molar-refractivity contribution is -0.163. The molecule has 0 saturated carbocycles. The van der Waals surface area contributed by atoms with Gasteiger partial charge < -0.3 is 19.5 Å². The molecule has 3 atom stereocenters. The van der Waals surface area contributed by atoms with Crippen LogP contribution in [0.3, 0.4) is 0 Å². The summed E-state index contributed by atoms with van der Waals surface area (Å²) in [4.78, 5) is 24.6. The van der Waals surface area contributed by atoms with Crippen LogP contribution in [0.5, 0.6) is 11.5 Å². The van der Waals surface area contributed by atoms with Crippen molar-refractivity contribution in [1.29, 1.82) is 0 Å². The van der Waals surface area contributed by atoms with Crippen molar-refractivity contribution in [2.75, 3.05) is 6.61 Å². The van der Waals surface area contributed by atoms with Crippen molar-refractivity contribution in [3.05, 3.63) is 60.2 Å². The number of para-hydroxylation sites is 2. The first kappa shape index (κ1) is 19.7. The first-order valence-corrected chi connectivity index (χ1v) is 9.46. The fourth-order valence-electron chi connectivity index (χ4n) is 2.90. The first-order valence-electron chi connectivity index (χ1n) is 9.46. The Morgan fingerprint density at radius 3 is 2.50 bits per heavy atom. The summed E-state index contributed by atoms with van der Waals surface area (Å²) in [6.07, 6.45) is -0.135. The molecule has 1 N–H and O–H groups in total. The summed E-state index contributed by atoms with van der Waals surface area (Å²) in [5.74, 6) is 0.132. The molecular weight excluding hydrogens is 358 g/mol. The zero-order chi connectivity index (χ0) is 19.9. The molecule has 6 heteroatoms. The van der Waals surface area contributed by atoms with Crippen molar-refractivity contribution < 1.29 is 23.8 Å². The number of hydrogen-bond acceptors (Lipinski definition) is 5. The highest BCUT2D eigenvalue weighted by atomic mass is 16.6. The Balaban J connectivity index is 1.44. The van der Waals surface area contributed by atoms with Crippen LogP contribution >= 0.6 is 0 Å². The topological polar surface area (TPSA) is 73.9 Å². The molecule has 2 aromatic carbocycles. The van der Waals surface area contributed by atoms with Crippen LogP contribution in [0, 0.1) is 0 Å². The van der Waals surface area contributed by atoms with E-state index in [0.717, 1.165) is 12.8 Å². The molecule has 3 rings (SSSR count). The van der Waals surface area contributed by atoms with Crippen molar-refractivity contribution >= 4 is 11.9 Å². The molecule has 2 aromatic rings. The van der Waals surface area contributed by atoms with Gasteiger partial charge in [0.25, 0.3) is 5.91 Å². The Hall–Kier alpha value is -3.02. The van der Waals surface area contributed by atoms with Crippen molar-refractivity contribution in [1.82, 2.24) is 5.32 Å². The second kappa shape index (κ2) is 9.26. The van der Waals surface area contributed by atoms with Crippen LogP contribution in [0.2, 0.25) is 0 Å². The maximum absolute atomic E-state index is 12.3. The monoisotopic (exact) mass is 383 g/mol. The van der Waals surface area contributed by atoms with Gasteiger partial charge >= 0.3 is 5.97 Å². The molecule has 0 unspecified atom stereocenters. The molecule has 0 fully saturated rings. The van der Waals surface area contributed by atoms with E-state index in [-0.39, 0.29) is 18.6 Å². The third kappa shape index (κ3) is 5.25. The quantitative estimate of drug-likeness (QED) is 0.744. The second-order valence-electron chi connectivity index (χ2n) is 6.88. The summed E-state index contributed by atoms with van der Waals surface area (Å²) in [5.41, 5.74) is 1.22. The molecule has 0 aromatic heterocycles. The van der Waals surface area contributed by atoms with E-state index >= 15 is 0 Å². The maximum Gasteiger partial charge on any atom is 0.351 e. The van der Waals surface area contributed by atoms with Gasteiger partial charge in [-0.15, -0.1) is 0 Å². The number of fused-ring (bicyclic) bond motifs is 1. The molecule has 1 aliphatic heterocycles. The highest BCUT2D eigenvalue weighted by Gasteiger charge is 2.31. The fourth-order valence-corrected chi connectivity index (χ4v) is 2.90. The zero-order valence-electron chi connectivity index (χ0n) is 16.1. The Labute approximate surface area is 164 Å². The van der Waals surface area contributed by atoms with E-state index in [1.54, 1.807) is 25.1 Å². The van der Waals surface area contributed by atoms with Crippen LogP contribution in [0.1, 0.15) is 25.8 Å². The summed E-state index contributed by atoms with van der Waals surface area (Å²) in [6, 6.07) is 17.2. The van der Waals surface area contributed by atoms with Crippen molar-refractivity contribution in [3.63, 3.8) is 0 Å². The number of esters is 1. The van der Waals surface area contributed by atoms with Crippen LogP contribution < -0.4 is 14.8 Å². The third-order valence-electron chi connectivity index (χ3n) is 4.53. The summed E-state index contributed by atoms with van der Waals surface area (Å²) in [5, 5.41) is 2.89. The normalized spacial score (nSPS) is 17.3. The highest BCUT2D eigenvalue weighted by Crippen LogP contribution is 2.31. The lowest BCUT2D eigenvalue weighted by Crippen LogP contribution is -2.44. The number of aryl methyl sites for hydroxylation is 1. The number of carbonyl (C=O) groups is 2. The Kier molecular flexibility index (Phi) is 6.53.